The number of imidazole rings is 1. The summed E-state index contributed by atoms with van der Waals surface area (Å²) in [6.45, 7) is 3.53. The van der Waals surface area contributed by atoms with Crippen LogP contribution in [0.4, 0.5) is 0 Å². The molecule has 0 saturated carbocycles. The van der Waals surface area contributed by atoms with Crippen LogP contribution in [0.25, 0.3) is 0 Å². The van der Waals surface area contributed by atoms with E-state index in [9.17, 15) is 4.79 Å². The van der Waals surface area contributed by atoms with E-state index < -0.39 is 0 Å². The molecule has 1 amide bonds. The molecule has 0 spiro atoms. The Hall–Kier alpha value is -2.30. The molecule has 0 radical (unpaired) electrons. The highest BCUT2D eigenvalue weighted by Gasteiger charge is 2.32. The molecule has 20 heavy (non-hydrogen) atoms. The van der Waals surface area contributed by atoms with Crippen LogP contribution in [0, 0.1) is 0 Å². The number of hydrogen-bond acceptors (Lipinski definition) is 3. The summed E-state index contributed by atoms with van der Waals surface area (Å²) in [5.41, 5.74) is 1.03. The van der Waals surface area contributed by atoms with Crippen molar-refractivity contribution in [3.63, 3.8) is 0 Å². The SMILES string of the molecule is CC1=CC(=O)N(CCCn2ccnc2)C1c1ccco1. The maximum Gasteiger partial charge on any atom is 0.247 e. The Morgan fingerprint density at radius 3 is 3.00 bits per heavy atom. The average Bonchev–Trinajstić information content (AvgIpc) is 3.13. The van der Waals surface area contributed by atoms with Crippen molar-refractivity contribution < 1.29 is 9.21 Å². The second kappa shape index (κ2) is 5.36. The molecule has 5 nitrogen and oxygen atoms in total. The predicted octanol–water partition coefficient (Wildman–Crippen LogP) is 2.40. The van der Waals surface area contributed by atoms with Crippen LogP contribution < -0.4 is 0 Å². The van der Waals surface area contributed by atoms with Crippen LogP contribution in [0.1, 0.15) is 25.1 Å². The molecule has 1 unspecified atom stereocenters. The van der Waals surface area contributed by atoms with Gasteiger partial charge in [0, 0.05) is 31.6 Å². The largest absolute Gasteiger partial charge is 0.467 e. The summed E-state index contributed by atoms with van der Waals surface area (Å²) < 4.78 is 7.49. The fraction of sp³-hybridized carbons (Fsp3) is 0.333. The summed E-state index contributed by atoms with van der Waals surface area (Å²) >= 11 is 0. The third-order valence-corrected chi connectivity index (χ3v) is 3.56. The minimum Gasteiger partial charge on any atom is -0.467 e. The van der Waals surface area contributed by atoms with Gasteiger partial charge in [-0.1, -0.05) is 0 Å². The highest BCUT2D eigenvalue weighted by atomic mass is 16.3. The Balaban J connectivity index is 1.66. The molecule has 0 saturated heterocycles. The zero-order valence-corrected chi connectivity index (χ0v) is 11.4. The van der Waals surface area contributed by atoms with Gasteiger partial charge < -0.3 is 13.9 Å². The summed E-state index contributed by atoms with van der Waals surface area (Å²) in [6.07, 6.45) is 9.72. The molecule has 1 aliphatic heterocycles. The van der Waals surface area contributed by atoms with E-state index in [0.29, 0.717) is 6.54 Å². The van der Waals surface area contributed by atoms with Crippen LogP contribution >= 0.6 is 0 Å². The topological polar surface area (TPSA) is 51.3 Å². The first-order chi connectivity index (χ1) is 9.75. The summed E-state index contributed by atoms with van der Waals surface area (Å²) in [7, 11) is 0. The minimum atomic E-state index is -0.0553. The van der Waals surface area contributed by atoms with Crippen LogP contribution in [-0.4, -0.2) is 26.9 Å². The normalized spacial score (nSPS) is 18.6. The molecule has 2 aromatic heterocycles. The zero-order chi connectivity index (χ0) is 13.9. The molecule has 0 aliphatic carbocycles. The average molecular weight is 271 g/mol. The lowest BCUT2D eigenvalue weighted by Crippen LogP contribution is -2.30. The molecule has 0 fully saturated rings. The van der Waals surface area contributed by atoms with Crippen molar-refractivity contribution in [3.8, 4) is 0 Å². The number of carbonyl (C=O) groups excluding carboxylic acids is 1. The van der Waals surface area contributed by atoms with E-state index >= 15 is 0 Å². The van der Waals surface area contributed by atoms with Gasteiger partial charge in [0.15, 0.2) is 0 Å². The summed E-state index contributed by atoms with van der Waals surface area (Å²) in [5, 5.41) is 0. The Labute approximate surface area is 117 Å². The smallest absolute Gasteiger partial charge is 0.247 e. The number of furan rings is 1. The number of amides is 1. The van der Waals surface area contributed by atoms with Gasteiger partial charge in [-0.15, -0.1) is 0 Å². The van der Waals surface area contributed by atoms with E-state index in [1.165, 1.54) is 0 Å². The van der Waals surface area contributed by atoms with E-state index in [0.717, 1.165) is 24.3 Å². The van der Waals surface area contributed by atoms with E-state index in [1.54, 1.807) is 24.9 Å². The fourth-order valence-corrected chi connectivity index (χ4v) is 2.64. The van der Waals surface area contributed by atoms with Gasteiger partial charge in [0.1, 0.15) is 11.8 Å². The van der Waals surface area contributed by atoms with E-state index in [1.807, 2.05) is 34.7 Å². The Kier molecular flexibility index (Phi) is 3.41. The summed E-state index contributed by atoms with van der Waals surface area (Å²) in [5.74, 6) is 0.891. The monoisotopic (exact) mass is 271 g/mol. The third-order valence-electron chi connectivity index (χ3n) is 3.56. The van der Waals surface area contributed by atoms with Gasteiger partial charge in [0.2, 0.25) is 5.91 Å². The fourth-order valence-electron chi connectivity index (χ4n) is 2.64. The molecule has 1 aliphatic rings. The van der Waals surface area contributed by atoms with Crippen molar-refractivity contribution in [3.05, 3.63) is 54.5 Å². The van der Waals surface area contributed by atoms with Gasteiger partial charge in [-0.25, -0.2) is 4.98 Å². The van der Waals surface area contributed by atoms with Crippen LogP contribution in [-0.2, 0) is 11.3 Å². The van der Waals surface area contributed by atoms with Gasteiger partial charge in [-0.3, -0.25) is 4.79 Å². The van der Waals surface area contributed by atoms with Crippen LogP contribution in [0.3, 0.4) is 0 Å². The van der Waals surface area contributed by atoms with Crippen molar-refractivity contribution in [2.24, 2.45) is 0 Å². The lowest BCUT2D eigenvalue weighted by Gasteiger charge is -2.25. The van der Waals surface area contributed by atoms with E-state index in [2.05, 4.69) is 4.98 Å². The standard InChI is InChI=1S/C15H17N3O2/c1-12-10-14(19)18(15(12)13-4-2-9-20-13)7-3-6-17-8-5-16-11-17/h2,4-5,8-11,15H,3,6-7H2,1H3. The first-order valence-electron chi connectivity index (χ1n) is 6.73. The zero-order valence-electron chi connectivity index (χ0n) is 11.4. The Morgan fingerprint density at radius 2 is 2.30 bits per heavy atom. The molecular formula is C15H17N3O2. The number of aryl methyl sites for hydroxylation is 1. The molecule has 1 atom stereocenters. The number of hydrogen-bond donors (Lipinski definition) is 0. The minimum absolute atomic E-state index is 0.0553. The van der Waals surface area contributed by atoms with E-state index in [4.69, 9.17) is 4.42 Å². The van der Waals surface area contributed by atoms with Crippen molar-refractivity contribution in [1.82, 2.24) is 14.5 Å². The van der Waals surface area contributed by atoms with Crippen molar-refractivity contribution in [1.29, 1.82) is 0 Å². The molecule has 5 heteroatoms. The van der Waals surface area contributed by atoms with Gasteiger partial charge in [0.25, 0.3) is 0 Å². The predicted molar refractivity (Wildman–Crippen MR) is 73.8 cm³/mol. The summed E-state index contributed by atoms with van der Waals surface area (Å²) in [4.78, 5) is 17.9. The summed E-state index contributed by atoms with van der Waals surface area (Å²) in [6, 6.07) is 3.72. The van der Waals surface area contributed by atoms with Gasteiger partial charge in [-0.2, -0.15) is 0 Å². The van der Waals surface area contributed by atoms with Crippen molar-refractivity contribution >= 4 is 5.91 Å². The van der Waals surface area contributed by atoms with Crippen LogP contribution in [0.5, 0.6) is 0 Å². The number of aromatic nitrogens is 2. The molecule has 2 aromatic rings. The quantitative estimate of drug-likeness (QED) is 0.839. The highest BCUT2D eigenvalue weighted by molar-refractivity contribution is 5.91. The Morgan fingerprint density at radius 1 is 1.40 bits per heavy atom. The number of rotatable bonds is 5. The molecule has 3 rings (SSSR count). The van der Waals surface area contributed by atoms with Gasteiger partial charge in [0.05, 0.1) is 12.6 Å². The van der Waals surface area contributed by atoms with Gasteiger partial charge in [-0.05, 0) is 31.1 Å². The first kappa shape index (κ1) is 12.7. The van der Waals surface area contributed by atoms with Gasteiger partial charge >= 0.3 is 0 Å². The molecule has 104 valence electrons. The second-order valence-corrected chi connectivity index (χ2v) is 4.99. The van der Waals surface area contributed by atoms with Crippen LogP contribution in [0.2, 0.25) is 0 Å². The van der Waals surface area contributed by atoms with Crippen LogP contribution in [0.15, 0.2) is 53.2 Å². The molecule has 0 N–H and O–H groups in total. The Bertz CT molecular complexity index is 599. The second-order valence-electron chi connectivity index (χ2n) is 4.99. The first-order valence-corrected chi connectivity index (χ1v) is 6.73. The molecule has 0 bridgehead atoms. The maximum atomic E-state index is 12.1. The third kappa shape index (κ3) is 2.39. The van der Waals surface area contributed by atoms with Crippen molar-refractivity contribution in [2.75, 3.05) is 6.54 Å². The molecule has 3 heterocycles. The maximum absolute atomic E-state index is 12.1. The molecule has 0 aromatic carbocycles. The lowest BCUT2D eigenvalue weighted by atomic mass is 10.1. The lowest BCUT2D eigenvalue weighted by molar-refractivity contribution is -0.126. The number of carbonyl (C=O) groups is 1. The van der Waals surface area contributed by atoms with Crippen molar-refractivity contribution in [2.45, 2.75) is 25.9 Å². The number of nitrogens with zero attached hydrogens (tertiary/aromatic N) is 3. The van der Waals surface area contributed by atoms with E-state index in [-0.39, 0.29) is 11.9 Å². The molecular weight excluding hydrogens is 254 g/mol. The highest BCUT2D eigenvalue weighted by Crippen LogP contribution is 2.33.